The van der Waals surface area contributed by atoms with Crippen LogP contribution in [0.1, 0.15) is 26.2 Å². The topological polar surface area (TPSA) is 69.7 Å². The van der Waals surface area contributed by atoms with E-state index in [9.17, 15) is 14.4 Å². The van der Waals surface area contributed by atoms with Crippen LogP contribution in [0.5, 0.6) is 0 Å². The van der Waals surface area contributed by atoms with Crippen LogP contribution in [0, 0.1) is 5.92 Å². The SMILES string of the molecule is CC(=O)C(CCC(=O)O[Si](C)(C)C)CC(=O)O[Si](C)(C)C. The predicted octanol–water partition coefficient (Wildman–Crippen LogP) is 3.12. The highest BCUT2D eigenvalue weighted by Gasteiger charge is 2.26. The molecule has 0 saturated carbocycles. The number of rotatable bonds is 8. The van der Waals surface area contributed by atoms with E-state index in [4.69, 9.17) is 8.85 Å². The summed E-state index contributed by atoms with van der Waals surface area (Å²) in [5, 5.41) is 0. The van der Waals surface area contributed by atoms with Gasteiger partial charge in [0.15, 0.2) is 0 Å². The van der Waals surface area contributed by atoms with Crippen LogP contribution in [-0.2, 0) is 23.2 Å². The van der Waals surface area contributed by atoms with Crippen molar-refractivity contribution in [2.75, 3.05) is 0 Å². The molecule has 1 atom stereocenters. The maximum atomic E-state index is 11.8. The second-order valence-electron chi connectivity index (χ2n) is 7.22. The summed E-state index contributed by atoms with van der Waals surface area (Å²) < 4.78 is 10.7. The van der Waals surface area contributed by atoms with Crippen LogP contribution >= 0.6 is 0 Å². The van der Waals surface area contributed by atoms with Gasteiger partial charge in [0.1, 0.15) is 5.78 Å². The molecule has 0 radical (unpaired) electrons. The molecule has 0 aliphatic rings. The zero-order chi connectivity index (χ0) is 16.8. The number of hydrogen-bond donors (Lipinski definition) is 0. The van der Waals surface area contributed by atoms with Gasteiger partial charge in [-0.3, -0.25) is 14.4 Å². The molecule has 0 amide bonds. The first-order valence-corrected chi connectivity index (χ1v) is 14.1. The summed E-state index contributed by atoms with van der Waals surface area (Å²) in [7, 11) is -3.85. The van der Waals surface area contributed by atoms with Crippen molar-refractivity contribution in [1.82, 2.24) is 0 Å². The Morgan fingerprint density at radius 3 is 1.67 bits per heavy atom. The van der Waals surface area contributed by atoms with E-state index in [2.05, 4.69) is 0 Å². The summed E-state index contributed by atoms with van der Waals surface area (Å²) in [5.74, 6) is -1.21. The third kappa shape index (κ3) is 11.4. The number of ketones is 1. The van der Waals surface area contributed by atoms with E-state index in [0.29, 0.717) is 6.42 Å². The van der Waals surface area contributed by atoms with Gasteiger partial charge in [-0.25, -0.2) is 0 Å². The molecule has 0 heterocycles. The fourth-order valence-corrected chi connectivity index (χ4v) is 3.27. The van der Waals surface area contributed by atoms with E-state index in [1.54, 1.807) is 0 Å². The third-order valence-corrected chi connectivity index (χ3v) is 4.21. The fraction of sp³-hybridized carbons (Fsp3) is 0.786. The molecule has 0 aromatic carbocycles. The lowest BCUT2D eigenvalue weighted by Gasteiger charge is -2.21. The van der Waals surface area contributed by atoms with Crippen LogP contribution in [0.2, 0.25) is 39.3 Å². The zero-order valence-electron chi connectivity index (χ0n) is 14.2. The second-order valence-corrected chi connectivity index (χ2v) is 16.1. The minimum atomic E-state index is -1.95. The second kappa shape index (κ2) is 7.88. The average molecular weight is 333 g/mol. The Hall–Kier alpha value is -0.956. The molecule has 0 spiro atoms. The maximum Gasteiger partial charge on any atom is 0.293 e. The molecule has 5 nitrogen and oxygen atoms in total. The van der Waals surface area contributed by atoms with Crippen LogP contribution in [-0.4, -0.2) is 34.4 Å². The lowest BCUT2D eigenvalue weighted by atomic mass is 9.96. The highest BCUT2D eigenvalue weighted by molar-refractivity contribution is 6.71. The minimum Gasteiger partial charge on any atom is -0.520 e. The van der Waals surface area contributed by atoms with Gasteiger partial charge in [-0.2, -0.15) is 0 Å². The van der Waals surface area contributed by atoms with Crippen molar-refractivity contribution in [3.63, 3.8) is 0 Å². The van der Waals surface area contributed by atoms with Crippen LogP contribution in [0.4, 0.5) is 0 Å². The highest BCUT2D eigenvalue weighted by Crippen LogP contribution is 2.17. The molecule has 1 unspecified atom stereocenters. The van der Waals surface area contributed by atoms with Gasteiger partial charge >= 0.3 is 0 Å². The molecular formula is C14H28O5Si2. The number of carbonyl (C=O) groups excluding carboxylic acids is 3. The van der Waals surface area contributed by atoms with Crippen LogP contribution in [0.3, 0.4) is 0 Å². The molecule has 0 rings (SSSR count). The van der Waals surface area contributed by atoms with E-state index < -0.39 is 22.6 Å². The summed E-state index contributed by atoms with van der Waals surface area (Å²) in [4.78, 5) is 35.1. The third-order valence-electron chi connectivity index (χ3n) is 2.52. The standard InChI is InChI=1S/C14H28O5Si2/c1-11(15)12(10-14(17)19-21(5,6)7)8-9-13(16)18-20(2,3)4/h12H,8-10H2,1-7H3. The molecule has 0 aromatic heterocycles. The van der Waals surface area contributed by atoms with Gasteiger partial charge in [0, 0.05) is 12.3 Å². The Labute approximate surface area is 129 Å². The summed E-state index contributed by atoms with van der Waals surface area (Å²) >= 11 is 0. The van der Waals surface area contributed by atoms with E-state index in [1.165, 1.54) is 6.92 Å². The van der Waals surface area contributed by atoms with Crippen molar-refractivity contribution in [3.8, 4) is 0 Å². The van der Waals surface area contributed by atoms with E-state index in [0.717, 1.165) is 0 Å². The quantitative estimate of drug-likeness (QED) is 0.639. The van der Waals surface area contributed by atoms with Crippen molar-refractivity contribution in [3.05, 3.63) is 0 Å². The molecule has 0 aliphatic heterocycles. The summed E-state index contributed by atoms with van der Waals surface area (Å²) in [6, 6.07) is 0. The molecule has 0 fully saturated rings. The lowest BCUT2D eigenvalue weighted by molar-refractivity contribution is -0.140. The number of Topliss-reactive ketones (excluding diaryl/α,β-unsaturated/α-hetero) is 1. The van der Waals surface area contributed by atoms with E-state index >= 15 is 0 Å². The molecule has 21 heavy (non-hydrogen) atoms. The Morgan fingerprint density at radius 2 is 1.29 bits per heavy atom. The molecular weight excluding hydrogens is 304 g/mol. The van der Waals surface area contributed by atoms with Gasteiger partial charge in [-0.1, -0.05) is 0 Å². The van der Waals surface area contributed by atoms with Gasteiger partial charge in [0.25, 0.3) is 11.9 Å². The maximum absolute atomic E-state index is 11.8. The van der Waals surface area contributed by atoms with Crippen LogP contribution in [0.25, 0.3) is 0 Å². The lowest BCUT2D eigenvalue weighted by Crippen LogP contribution is -2.32. The summed E-state index contributed by atoms with van der Waals surface area (Å²) in [5.41, 5.74) is 0. The predicted molar refractivity (Wildman–Crippen MR) is 86.9 cm³/mol. The molecule has 7 heteroatoms. The van der Waals surface area contributed by atoms with Gasteiger partial charge in [0.2, 0.25) is 16.6 Å². The molecule has 0 aromatic rings. The monoisotopic (exact) mass is 332 g/mol. The van der Waals surface area contributed by atoms with Crippen LogP contribution in [0.15, 0.2) is 0 Å². The van der Waals surface area contributed by atoms with Crippen molar-refractivity contribution < 1.29 is 23.2 Å². The molecule has 0 aliphatic carbocycles. The molecule has 0 N–H and O–H groups in total. The average Bonchev–Trinajstić information content (AvgIpc) is 2.18. The van der Waals surface area contributed by atoms with Gasteiger partial charge in [0.05, 0.1) is 6.42 Å². The van der Waals surface area contributed by atoms with Crippen molar-refractivity contribution in [2.24, 2.45) is 5.92 Å². The molecule has 0 saturated heterocycles. The molecule has 0 bridgehead atoms. The Kier molecular flexibility index (Phi) is 7.52. The van der Waals surface area contributed by atoms with Gasteiger partial charge in [-0.05, 0) is 52.6 Å². The summed E-state index contributed by atoms with van der Waals surface area (Å²) in [6.45, 7) is 13.0. The largest absolute Gasteiger partial charge is 0.520 e. The van der Waals surface area contributed by atoms with Crippen molar-refractivity contribution >= 4 is 34.4 Å². The van der Waals surface area contributed by atoms with E-state index in [-0.39, 0.29) is 30.6 Å². The van der Waals surface area contributed by atoms with E-state index in [1.807, 2.05) is 39.3 Å². The Morgan fingerprint density at radius 1 is 0.857 bits per heavy atom. The first-order valence-electron chi connectivity index (χ1n) is 7.24. The smallest absolute Gasteiger partial charge is 0.293 e. The van der Waals surface area contributed by atoms with Crippen molar-refractivity contribution in [1.29, 1.82) is 0 Å². The van der Waals surface area contributed by atoms with Crippen molar-refractivity contribution in [2.45, 2.75) is 65.5 Å². The van der Waals surface area contributed by atoms with Crippen LogP contribution < -0.4 is 0 Å². The Bertz CT molecular complexity index is 393. The first-order chi connectivity index (χ1) is 9.30. The number of carbonyl (C=O) groups is 3. The zero-order valence-corrected chi connectivity index (χ0v) is 16.2. The number of hydrogen-bond acceptors (Lipinski definition) is 5. The first kappa shape index (κ1) is 20.0. The highest BCUT2D eigenvalue weighted by atomic mass is 28.4. The van der Waals surface area contributed by atoms with Gasteiger partial charge < -0.3 is 8.85 Å². The summed E-state index contributed by atoms with van der Waals surface area (Å²) in [6.07, 6.45) is 0.536. The molecule has 122 valence electrons. The normalized spacial score (nSPS) is 13.5. The minimum absolute atomic E-state index is 0.0415. The van der Waals surface area contributed by atoms with Gasteiger partial charge in [-0.15, -0.1) is 0 Å². The fourth-order valence-electron chi connectivity index (χ4n) is 1.72. The Balaban J connectivity index is 4.42.